The monoisotopic (exact) mass is 234 g/mol. The lowest BCUT2D eigenvalue weighted by molar-refractivity contribution is -0.141. The highest BCUT2D eigenvalue weighted by atomic mass is 32.2. The highest BCUT2D eigenvalue weighted by molar-refractivity contribution is 7.89. The molecule has 0 aliphatic carbocycles. The molecule has 1 atom stereocenters. The SMILES string of the molecule is CCN(CC(C)C(=O)O)S(=O)(=O)CC#N. The number of hydrogen-bond donors (Lipinski definition) is 1. The molecule has 0 aromatic heterocycles. The third kappa shape index (κ3) is 4.27. The van der Waals surface area contributed by atoms with Crippen LogP contribution in [0.5, 0.6) is 0 Å². The Morgan fingerprint density at radius 3 is 2.47 bits per heavy atom. The van der Waals surface area contributed by atoms with Crippen molar-refractivity contribution in [2.75, 3.05) is 18.8 Å². The first kappa shape index (κ1) is 13.9. The maximum Gasteiger partial charge on any atom is 0.307 e. The second-order valence-corrected chi connectivity index (χ2v) is 5.07. The van der Waals surface area contributed by atoms with Gasteiger partial charge in [-0.3, -0.25) is 4.79 Å². The Labute approximate surface area is 89.2 Å². The van der Waals surface area contributed by atoms with Gasteiger partial charge < -0.3 is 5.11 Å². The van der Waals surface area contributed by atoms with Gasteiger partial charge in [-0.15, -0.1) is 0 Å². The van der Waals surface area contributed by atoms with E-state index in [0.717, 1.165) is 4.31 Å². The van der Waals surface area contributed by atoms with Crippen LogP contribution >= 0.6 is 0 Å². The molecule has 0 aromatic rings. The Hall–Kier alpha value is -1.13. The highest BCUT2D eigenvalue weighted by Crippen LogP contribution is 2.06. The van der Waals surface area contributed by atoms with Gasteiger partial charge in [0.05, 0.1) is 12.0 Å². The van der Waals surface area contributed by atoms with Crippen molar-refractivity contribution < 1.29 is 18.3 Å². The van der Waals surface area contributed by atoms with Crippen LogP contribution in [-0.4, -0.2) is 42.6 Å². The van der Waals surface area contributed by atoms with E-state index < -0.39 is 27.7 Å². The molecule has 0 radical (unpaired) electrons. The summed E-state index contributed by atoms with van der Waals surface area (Å²) < 4.78 is 23.9. The predicted octanol–water partition coefficient (Wildman–Crippen LogP) is -0.118. The number of aliphatic carboxylic acids is 1. The molecule has 1 N–H and O–H groups in total. The van der Waals surface area contributed by atoms with Gasteiger partial charge >= 0.3 is 5.97 Å². The zero-order chi connectivity index (χ0) is 12.1. The molecular formula is C8H14N2O4S. The second kappa shape index (κ2) is 5.68. The lowest BCUT2D eigenvalue weighted by Gasteiger charge is -2.20. The molecule has 0 saturated carbocycles. The summed E-state index contributed by atoms with van der Waals surface area (Å²) in [7, 11) is -3.64. The number of nitrogens with zero attached hydrogens (tertiary/aromatic N) is 2. The predicted molar refractivity (Wildman–Crippen MR) is 53.4 cm³/mol. The zero-order valence-corrected chi connectivity index (χ0v) is 9.49. The molecule has 0 fully saturated rings. The summed E-state index contributed by atoms with van der Waals surface area (Å²) in [5, 5.41) is 17.0. The summed E-state index contributed by atoms with van der Waals surface area (Å²) in [4.78, 5) is 10.5. The normalized spacial score (nSPS) is 13.5. The van der Waals surface area contributed by atoms with Gasteiger partial charge in [0.25, 0.3) is 0 Å². The first-order valence-corrected chi connectivity index (χ1v) is 6.03. The summed E-state index contributed by atoms with van der Waals surface area (Å²) in [5.41, 5.74) is 0. The summed E-state index contributed by atoms with van der Waals surface area (Å²) in [6.45, 7) is 3.09. The van der Waals surface area contributed by atoms with E-state index in [-0.39, 0.29) is 13.1 Å². The number of carboxylic acid groups (broad SMARTS) is 1. The van der Waals surface area contributed by atoms with Gasteiger partial charge in [-0.05, 0) is 0 Å². The molecule has 0 rings (SSSR count). The topological polar surface area (TPSA) is 98.5 Å². The van der Waals surface area contributed by atoms with Crippen LogP contribution in [-0.2, 0) is 14.8 Å². The first-order valence-electron chi connectivity index (χ1n) is 4.42. The van der Waals surface area contributed by atoms with Crippen molar-refractivity contribution in [1.82, 2.24) is 4.31 Å². The molecule has 0 amide bonds. The minimum atomic E-state index is -3.64. The van der Waals surface area contributed by atoms with Crippen molar-refractivity contribution in [3.05, 3.63) is 0 Å². The molecule has 0 heterocycles. The Bertz CT molecular complexity index is 357. The highest BCUT2D eigenvalue weighted by Gasteiger charge is 2.24. The number of sulfonamides is 1. The van der Waals surface area contributed by atoms with E-state index >= 15 is 0 Å². The summed E-state index contributed by atoms with van der Waals surface area (Å²) in [6, 6.07) is 1.55. The van der Waals surface area contributed by atoms with Crippen molar-refractivity contribution in [3.63, 3.8) is 0 Å². The zero-order valence-electron chi connectivity index (χ0n) is 8.67. The standard InChI is InChI=1S/C8H14N2O4S/c1-3-10(6-7(2)8(11)12)15(13,14)5-4-9/h7H,3,5-6H2,1-2H3,(H,11,12). The number of hydrogen-bond acceptors (Lipinski definition) is 4. The Morgan fingerprint density at radius 2 is 2.13 bits per heavy atom. The van der Waals surface area contributed by atoms with Crippen LogP contribution in [0.15, 0.2) is 0 Å². The molecule has 0 bridgehead atoms. The summed E-state index contributed by atoms with van der Waals surface area (Å²) in [6.07, 6.45) is 0. The fourth-order valence-corrected chi connectivity index (χ4v) is 2.19. The fraction of sp³-hybridized carbons (Fsp3) is 0.750. The third-order valence-corrected chi connectivity index (χ3v) is 3.58. The molecule has 1 unspecified atom stereocenters. The second-order valence-electron chi connectivity index (χ2n) is 3.10. The summed E-state index contributed by atoms with van der Waals surface area (Å²) in [5.74, 6) is -2.45. The van der Waals surface area contributed by atoms with Crippen LogP contribution in [0.4, 0.5) is 0 Å². The minimum absolute atomic E-state index is 0.101. The van der Waals surface area contributed by atoms with E-state index in [0.29, 0.717) is 0 Å². The Kier molecular flexibility index (Phi) is 5.25. The number of nitriles is 1. The van der Waals surface area contributed by atoms with Crippen LogP contribution in [0.1, 0.15) is 13.8 Å². The van der Waals surface area contributed by atoms with Gasteiger partial charge in [-0.25, -0.2) is 12.7 Å². The van der Waals surface area contributed by atoms with Gasteiger partial charge in [0, 0.05) is 13.1 Å². The van der Waals surface area contributed by atoms with Gasteiger partial charge in [-0.1, -0.05) is 13.8 Å². The largest absolute Gasteiger partial charge is 0.481 e. The lowest BCUT2D eigenvalue weighted by Crippen LogP contribution is -2.37. The molecule has 0 saturated heterocycles. The molecule has 0 spiro atoms. The first-order chi connectivity index (χ1) is 6.85. The average molecular weight is 234 g/mol. The lowest BCUT2D eigenvalue weighted by atomic mass is 10.2. The molecular weight excluding hydrogens is 220 g/mol. The van der Waals surface area contributed by atoms with Crippen molar-refractivity contribution in [2.24, 2.45) is 5.92 Å². The van der Waals surface area contributed by atoms with Crippen LogP contribution in [0.2, 0.25) is 0 Å². The van der Waals surface area contributed by atoms with Gasteiger partial charge in [-0.2, -0.15) is 5.26 Å². The molecule has 6 nitrogen and oxygen atoms in total. The van der Waals surface area contributed by atoms with E-state index in [9.17, 15) is 13.2 Å². The van der Waals surface area contributed by atoms with Gasteiger partial charge in [0.2, 0.25) is 10.0 Å². The molecule has 0 aliphatic rings. The minimum Gasteiger partial charge on any atom is -0.481 e. The molecule has 15 heavy (non-hydrogen) atoms. The van der Waals surface area contributed by atoms with Gasteiger partial charge in [0.1, 0.15) is 0 Å². The smallest absolute Gasteiger partial charge is 0.307 e. The maximum atomic E-state index is 11.4. The maximum absolute atomic E-state index is 11.4. The van der Waals surface area contributed by atoms with Crippen molar-refractivity contribution >= 4 is 16.0 Å². The molecule has 7 heteroatoms. The average Bonchev–Trinajstić information content (AvgIpc) is 2.12. The fourth-order valence-electron chi connectivity index (χ4n) is 0.996. The van der Waals surface area contributed by atoms with E-state index in [4.69, 9.17) is 10.4 Å². The number of rotatable bonds is 6. The Balaban J connectivity index is 4.66. The van der Waals surface area contributed by atoms with Crippen LogP contribution in [0.25, 0.3) is 0 Å². The van der Waals surface area contributed by atoms with Crippen LogP contribution in [0.3, 0.4) is 0 Å². The van der Waals surface area contributed by atoms with E-state index in [1.807, 2.05) is 0 Å². The molecule has 0 aromatic carbocycles. The van der Waals surface area contributed by atoms with E-state index in [1.165, 1.54) is 6.92 Å². The van der Waals surface area contributed by atoms with E-state index in [2.05, 4.69) is 0 Å². The van der Waals surface area contributed by atoms with Crippen molar-refractivity contribution in [2.45, 2.75) is 13.8 Å². The molecule has 86 valence electrons. The number of carboxylic acids is 1. The van der Waals surface area contributed by atoms with Crippen molar-refractivity contribution in [1.29, 1.82) is 5.26 Å². The van der Waals surface area contributed by atoms with E-state index in [1.54, 1.807) is 13.0 Å². The van der Waals surface area contributed by atoms with Gasteiger partial charge in [0.15, 0.2) is 5.75 Å². The Morgan fingerprint density at radius 1 is 1.60 bits per heavy atom. The van der Waals surface area contributed by atoms with Crippen molar-refractivity contribution in [3.8, 4) is 6.07 Å². The number of carbonyl (C=O) groups is 1. The van der Waals surface area contributed by atoms with Crippen LogP contribution in [0, 0.1) is 17.2 Å². The third-order valence-electron chi connectivity index (χ3n) is 1.89. The molecule has 0 aliphatic heterocycles. The van der Waals surface area contributed by atoms with Crippen LogP contribution < -0.4 is 0 Å². The summed E-state index contributed by atoms with van der Waals surface area (Å²) >= 11 is 0. The quantitative estimate of drug-likeness (QED) is 0.691.